The van der Waals surface area contributed by atoms with E-state index in [0.29, 0.717) is 12.5 Å². The smallest absolute Gasteiger partial charge is 0.279 e. The number of amides is 1. The molecule has 1 aliphatic rings. The molecule has 0 aromatic heterocycles. The Bertz CT molecular complexity index is 518. The molecule has 1 heterocycles. The minimum atomic E-state index is 0.0903. The first kappa shape index (κ1) is 17.0. The zero-order chi connectivity index (χ0) is 16.3. The fraction of sp³-hybridized carbons (Fsp3) is 0.611. The van der Waals surface area contributed by atoms with E-state index >= 15 is 0 Å². The van der Waals surface area contributed by atoms with E-state index in [4.69, 9.17) is 4.74 Å². The summed E-state index contributed by atoms with van der Waals surface area (Å²) in [6.45, 7) is 12.8. The van der Waals surface area contributed by atoms with Gasteiger partial charge in [0.05, 0.1) is 0 Å². The molecule has 0 unspecified atom stereocenters. The molecule has 122 valence electrons. The van der Waals surface area contributed by atoms with Crippen LogP contribution in [0.3, 0.4) is 0 Å². The number of carbonyl (C=O) groups is 1. The van der Waals surface area contributed by atoms with Crippen LogP contribution in [0.2, 0.25) is 0 Å². The maximum absolute atomic E-state index is 12.4. The number of hydrogen-bond acceptors (Lipinski definition) is 2. The topological polar surface area (TPSA) is 42.8 Å². The van der Waals surface area contributed by atoms with Gasteiger partial charge in [-0.15, -0.1) is 0 Å². The van der Waals surface area contributed by atoms with E-state index < -0.39 is 0 Å². The quantitative estimate of drug-likeness (QED) is 0.890. The zero-order valence-corrected chi connectivity index (χ0v) is 14.4. The number of aryl methyl sites for hydroxylation is 1. The third kappa shape index (κ3) is 4.31. The number of benzene rings is 1. The van der Waals surface area contributed by atoms with Gasteiger partial charge in [-0.25, -0.2) is 0 Å². The van der Waals surface area contributed by atoms with E-state index in [-0.39, 0.29) is 18.1 Å². The van der Waals surface area contributed by atoms with Crippen molar-refractivity contribution in [2.24, 2.45) is 0 Å². The summed E-state index contributed by atoms with van der Waals surface area (Å²) in [6, 6.07) is 6.20. The van der Waals surface area contributed by atoms with Gasteiger partial charge in [0, 0.05) is 5.69 Å². The van der Waals surface area contributed by atoms with Crippen molar-refractivity contribution in [2.45, 2.75) is 52.7 Å². The number of carbonyl (C=O) groups excluding carboxylic acids is 1. The number of hydrogen-bond donors (Lipinski definition) is 2. The van der Waals surface area contributed by atoms with E-state index in [2.05, 4.69) is 45.1 Å². The van der Waals surface area contributed by atoms with Crippen molar-refractivity contribution >= 4 is 11.6 Å². The molecule has 1 aromatic rings. The molecule has 2 rings (SSSR count). The predicted molar refractivity (Wildman–Crippen MR) is 89.5 cm³/mol. The fourth-order valence-electron chi connectivity index (χ4n) is 3.29. The summed E-state index contributed by atoms with van der Waals surface area (Å²) in [7, 11) is 0. The van der Waals surface area contributed by atoms with Gasteiger partial charge in [0.15, 0.2) is 6.54 Å². The van der Waals surface area contributed by atoms with Crippen LogP contribution in [0.5, 0.6) is 0 Å². The van der Waals surface area contributed by atoms with Crippen molar-refractivity contribution in [2.75, 3.05) is 25.0 Å². The zero-order valence-electron chi connectivity index (χ0n) is 14.4. The normalized spacial score (nSPS) is 25.3. The first-order valence-corrected chi connectivity index (χ1v) is 8.25. The molecule has 0 aliphatic carbocycles. The fourth-order valence-corrected chi connectivity index (χ4v) is 3.29. The molecule has 22 heavy (non-hydrogen) atoms. The lowest BCUT2D eigenvalue weighted by molar-refractivity contribution is -0.907. The first-order chi connectivity index (χ1) is 10.4. The average Bonchev–Trinajstić information content (AvgIpc) is 2.39. The third-order valence-electron chi connectivity index (χ3n) is 4.22. The molecule has 0 spiro atoms. The Morgan fingerprint density at radius 1 is 1.32 bits per heavy atom. The lowest BCUT2D eigenvalue weighted by atomic mass is 9.98. The molecule has 0 bridgehead atoms. The van der Waals surface area contributed by atoms with Gasteiger partial charge < -0.3 is 15.0 Å². The Balaban J connectivity index is 2.03. The van der Waals surface area contributed by atoms with E-state index in [9.17, 15) is 4.79 Å². The highest BCUT2D eigenvalue weighted by Gasteiger charge is 2.27. The second-order valence-electron chi connectivity index (χ2n) is 6.83. The van der Waals surface area contributed by atoms with Gasteiger partial charge in [0.25, 0.3) is 5.91 Å². The third-order valence-corrected chi connectivity index (χ3v) is 4.22. The molecule has 4 nitrogen and oxygen atoms in total. The van der Waals surface area contributed by atoms with Gasteiger partial charge in [0.1, 0.15) is 25.3 Å². The standard InChI is InChI=1S/C18H28N2O2/c1-12(2)16-8-6-7-13(3)18(16)19-17(21)11-20-9-14(4)22-15(5)10-20/h6-8,12,14-15H,9-11H2,1-5H3,(H,19,21)/p+1/t14-,15-/m0/s1. The summed E-state index contributed by atoms with van der Waals surface area (Å²) in [5, 5.41) is 3.14. The maximum Gasteiger partial charge on any atom is 0.279 e. The lowest BCUT2D eigenvalue weighted by Gasteiger charge is -2.32. The van der Waals surface area contributed by atoms with E-state index in [1.54, 1.807) is 0 Å². The second kappa shape index (κ2) is 7.25. The van der Waals surface area contributed by atoms with Crippen LogP contribution in [0, 0.1) is 6.92 Å². The molecule has 1 saturated heterocycles. The second-order valence-corrected chi connectivity index (χ2v) is 6.83. The van der Waals surface area contributed by atoms with Crippen LogP contribution in [0.15, 0.2) is 18.2 Å². The minimum Gasteiger partial charge on any atom is -0.364 e. The van der Waals surface area contributed by atoms with Crippen LogP contribution < -0.4 is 10.2 Å². The number of para-hydroxylation sites is 1. The van der Waals surface area contributed by atoms with Crippen molar-refractivity contribution in [1.29, 1.82) is 0 Å². The summed E-state index contributed by atoms with van der Waals surface area (Å²) in [6.07, 6.45) is 0.437. The van der Waals surface area contributed by atoms with Crippen molar-refractivity contribution in [3.63, 3.8) is 0 Å². The number of ether oxygens (including phenoxy) is 1. The summed E-state index contributed by atoms with van der Waals surface area (Å²) in [5.41, 5.74) is 3.31. The van der Waals surface area contributed by atoms with Gasteiger partial charge >= 0.3 is 0 Å². The average molecular weight is 305 g/mol. The van der Waals surface area contributed by atoms with E-state index in [0.717, 1.165) is 24.3 Å². The molecule has 1 fully saturated rings. The molecule has 0 radical (unpaired) electrons. The molecule has 1 aliphatic heterocycles. The van der Waals surface area contributed by atoms with Gasteiger partial charge in [-0.3, -0.25) is 4.79 Å². The number of anilines is 1. The highest BCUT2D eigenvalue weighted by Crippen LogP contribution is 2.27. The van der Waals surface area contributed by atoms with Crippen LogP contribution in [0.1, 0.15) is 44.7 Å². The Morgan fingerprint density at radius 2 is 1.95 bits per heavy atom. The highest BCUT2D eigenvalue weighted by atomic mass is 16.5. The minimum absolute atomic E-state index is 0.0903. The number of morpholine rings is 1. The van der Waals surface area contributed by atoms with E-state index in [1.807, 2.05) is 13.0 Å². The predicted octanol–water partition coefficient (Wildman–Crippen LogP) is 1.75. The van der Waals surface area contributed by atoms with Gasteiger partial charge in [-0.05, 0) is 37.8 Å². The van der Waals surface area contributed by atoms with Crippen molar-refractivity contribution in [1.82, 2.24) is 0 Å². The monoisotopic (exact) mass is 305 g/mol. The molecular formula is C18H29N2O2+. The largest absolute Gasteiger partial charge is 0.364 e. The molecule has 0 saturated carbocycles. The molecule has 1 aromatic carbocycles. The summed E-state index contributed by atoms with van der Waals surface area (Å²) >= 11 is 0. The van der Waals surface area contributed by atoms with Gasteiger partial charge in [0.2, 0.25) is 0 Å². The molecular weight excluding hydrogens is 276 g/mol. The summed E-state index contributed by atoms with van der Waals surface area (Å²) in [5.74, 6) is 0.485. The molecule has 1 amide bonds. The van der Waals surface area contributed by atoms with Gasteiger partial charge in [-0.2, -0.15) is 0 Å². The van der Waals surface area contributed by atoms with Crippen LogP contribution in [0.25, 0.3) is 0 Å². The number of rotatable bonds is 4. The van der Waals surface area contributed by atoms with Gasteiger partial charge in [-0.1, -0.05) is 32.0 Å². The van der Waals surface area contributed by atoms with Crippen LogP contribution in [0.4, 0.5) is 5.69 Å². The Hall–Kier alpha value is -1.39. The van der Waals surface area contributed by atoms with Crippen molar-refractivity contribution in [3.8, 4) is 0 Å². The summed E-state index contributed by atoms with van der Waals surface area (Å²) in [4.78, 5) is 13.7. The summed E-state index contributed by atoms with van der Waals surface area (Å²) < 4.78 is 5.73. The maximum atomic E-state index is 12.4. The Morgan fingerprint density at radius 3 is 2.55 bits per heavy atom. The van der Waals surface area contributed by atoms with Crippen LogP contribution >= 0.6 is 0 Å². The first-order valence-electron chi connectivity index (χ1n) is 8.25. The number of quaternary nitrogens is 1. The molecule has 2 N–H and O–H groups in total. The van der Waals surface area contributed by atoms with Crippen molar-refractivity contribution < 1.29 is 14.4 Å². The molecule has 4 heteroatoms. The SMILES string of the molecule is Cc1cccc(C(C)C)c1NC(=O)C[NH+]1C[C@H](C)O[C@@H](C)C1. The number of nitrogens with one attached hydrogen (secondary N) is 2. The Labute approximate surface area is 133 Å². The molecule has 2 atom stereocenters. The van der Waals surface area contributed by atoms with Crippen LogP contribution in [-0.4, -0.2) is 37.7 Å². The Kier molecular flexibility index (Phi) is 5.59. The van der Waals surface area contributed by atoms with Crippen molar-refractivity contribution in [3.05, 3.63) is 29.3 Å². The van der Waals surface area contributed by atoms with Crippen LogP contribution in [-0.2, 0) is 9.53 Å². The van der Waals surface area contributed by atoms with E-state index in [1.165, 1.54) is 10.5 Å². The highest BCUT2D eigenvalue weighted by molar-refractivity contribution is 5.93. The lowest BCUT2D eigenvalue weighted by Crippen LogP contribution is -3.16.